The van der Waals surface area contributed by atoms with Crippen molar-refractivity contribution in [1.29, 1.82) is 0 Å². The molecule has 1 atom stereocenters. The van der Waals surface area contributed by atoms with Gasteiger partial charge in [0.05, 0.1) is 5.75 Å². The van der Waals surface area contributed by atoms with E-state index >= 15 is 0 Å². The Hall–Kier alpha value is -0.130. The van der Waals surface area contributed by atoms with Crippen molar-refractivity contribution in [2.24, 2.45) is 11.7 Å². The number of sulfonamides is 1. The van der Waals surface area contributed by atoms with E-state index in [9.17, 15) is 8.42 Å². The molecule has 0 radical (unpaired) electrons. The summed E-state index contributed by atoms with van der Waals surface area (Å²) >= 11 is 0. The van der Waals surface area contributed by atoms with Crippen molar-refractivity contribution in [3.63, 3.8) is 0 Å². The van der Waals surface area contributed by atoms with Gasteiger partial charge in [-0.25, -0.2) is 12.7 Å². The highest BCUT2D eigenvalue weighted by molar-refractivity contribution is 7.89. The third-order valence-corrected chi connectivity index (χ3v) is 5.82. The van der Waals surface area contributed by atoms with Crippen molar-refractivity contribution < 1.29 is 8.42 Å². The van der Waals surface area contributed by atoms with E-state index in [2.05, 4.69) is 0 Å². The van der Waals surface area contributed by atoms with Gasteiger partial charge in [-0.2, -0.15) is 0 Å². The first-order valence-corrected chi connectivity index (χ1v) is 7.94. The summed E-state index contributed by atoms with van der Waals surface area (Å²) in [5.41, 5.74) is 6.05. The first-order valence-electron chi connectivity index (χ1n) is 6.33. The zero-order chi connectivity index (χ0) is 11.6. The van der Waals surface area contributed by atoms with Crippen LogP contribution >= 0.6 is 0 Å². The van der Waals surface area contributed by atoms with Crippen molar-refractivity contribution >= 4 is 10.0 Å². The molecular weight excluding hydrogens is 224 g/mol. The molecule has 1 unspecified atom stereocenters. The van der Waals surface area contributed by atoms with Gasteiger partial charge >= 0.3 is 0 Å². The second-order valence-electron chi connectivity index (χ2n) is 5.09. The smallest absolute Gasteiger partial charge is 0.215 e. The van der Waals surface area contributed by atoms with Crippen LogP contribution in [0, 0.1) is 5.92 Å². The second kappa shape index (κ2) is 5.02. The lowest BCUT2D eigenvalue weighted by atomic mass is 9.85. The summed E-state index contributed by atoms with van der Waals surface area (Å²) in [5.74, 6) is 0.572. The minimum atomic E-state index is -3.06. The molecule has 1 saturated heterocycles. The summed E-state index contributed by atoms with van der Waals surface area (Å²) < 4.78 is 25.4. The van der Waals surface area contributed by atoms with E-state index in [1.54, 1.807) is 4.31 Å². The van der Waals surface area contributed by atoms with Gasteiger partial charge in [-0.1, -0.05) is 19.3 Å². The molecule has 0 amide bonds. The van der Waals surface area contributed by atoms with Gasteiger partial charge in [0.15, 0.2) is 0 Å². The highest BCUT2D eigenvalue weighted by atomic mass is 32.2. The molecule has 0 aromatic heterocycles. The third-order valence-electron chi connectivity index (χ3n) is 3.87. The molecule has 0 bridgehead atoms. The summed E-state index contributed by atoms with van der Waals surface area (Å²) in [6.07, 6.45) is 6.91. The molecule has 1 heterocycles. The molecule has 16 heavy (non-hydrogen) atoms. The van der Waals surface area contributed by atoms with Crippen LogP contribution in [0.25, 0.3) is 0 Å². The molecule has 94 valence electrons. The predicted molar refractivity (Wildman–Crippen MR) is 64.5 cm³/mol. The van der Waals surface area contributed by atoms with Crippen molar-refractivity contribution in [2.75, 3.05) is 18.8 Å². The van der Waals surface area contributed by atoms with Gasteiger partial charge in [-0.05, 0) is 25.2 Å². The lowest BCUT2D eigenvalue weighted by molar-refractivity contribution is 0.293. The van der Waals surface area contributed by atoms with Crippen molar-refractivity contribution in [2.45, 2.75) is 44.6 Å². The van der Waals surface area contributed by atoms with Gasteiger partial charge in [-0.15, -0.1) is 0 Å². The van der Waals surface area contributed by atoms with Crippen molar-refractivity contribution in [1.82, 2.24) is 4.31 Å². The van der Waals surface area contributed by atoms with Gasteiger partial charge < -0.3 is 5.73 Å². The lowest BCUT2D eigenvalue weighted by Crippen LogP contribution is -2.48. The number of hydrogen-bond donors (Lipinski definition) is 1. The fraction of sp³-hybridized carbons (Fsp3) is 1.00. The predicted octanol–water partition coefficient (Wildman–Crippen LogP) is 0.929. The standard InChI is InChI=1S/C11H22N2O2S/c12-11(10-5-2-1-3-6-10)9-16(14,15)13-7-4-8-13/h10-11H,1-9,12H2. The first kappa shape index (κ1) is 12.3. The summed E-state index contributed by atoms with van der Waals surface area (Å²) in [4.78, 5) is 0. The lowest BCUT2D eigenvalue weighted by Gasteiger charge is -2.33. The Bertz CT molecular complexity index is 319. The molecule has 1 aliphatic carbocycles. The molecule has 0 spiro atoms. The Morgan fingerprint density at radius 2 is 1.75 bits per heavy atom. The monoisotopic (exact) mass is 246 g/mol. The van der Waals surface area contributed by atoms with Gasteiger partial charge in [0, 0.05) is 19.1 Å². The number of nitrogens with zero attached hydrogens (tertiary/aromatic N) is 1. The molecule has 2 aliphatic rings. The van der Waals surface area contributed by atoms with Crippen molar-refractivity contribution in [3.8, 4) is 0 Å². The van der Waals surface area contributed by atoms with Gasteiger partial charge in [-0.3, -0.25) is 0 Å². The molecule has 1 saturated carbocycles. The van der Waals surface area contributed by atoms with E-state index < -0.39 is 10.0 Å². The largest absolute Gasteiger partial charge is 0.326 e. The Morgan fingerprint density at radius 1 is 1.12 bits per heavy atom. The Balaban J connectivity index is 1.87. The zero-order valence-electron chi connectivity index (χ0n) is 9.77. The Morgan fingerprint density at radius 3 is 2.25 bits per heavy atom. The average Bonchev–Trinajstić information content (AvgIpc) is 2.14. The summed E-state index contributed by atoms with van der Waals surface area (Å²) in [7, 11) is -3.06. The first-order chi connectivity index (χ1) is 7.59. The maximum atomic E-state index is 11.9. The van der Waals surface area contributed by atoms with E-state index in [1.807, 2.05) is 0 Å². The molecule has 1 aliphatic heterocycles. The van der Waals surface area contributed by atoms with Crippen LogP contribution in [-0.4, -0.2) is 37.6 Å². The topological polar surface area (TPSA) is 63.4 Å². The van der Waals surface area contributed by atoms with Gasteiger partial charge in [0.25, 0.3) is 0 Å². The van der Waals surface area contributed by atoms with E-state index in [0.717, 1.165) is 19.3 Å². The van der Waals surface area contributed by atoms with Crippen LogP contribution in [0.3, 0.4) is 0 Å². The molecule has 2 fully saturated rings. The molecule has 5 heteroatoms. The van der Waals surface area contributed by atoms with Crippen LogP contribution in [-0.2, 0) is 10.0 Å². The quantitative estimate of drug-likeness (QED) is 0.802. The van der Waals surface area contributed by atoms with Gasteiger partial charge in [0.1, 0.15) is 0 Å². The van der Waals surface area contributed by atoms with Crippen LogP contribution < -0.4 is 5.73 Å². The Labute approximate surface area is 98.2 Å². The van der Waals surface area contributed by atoms with Crippen LogP contribution in [0.5, 0.6) is 0 Å². The third kappa shape index (κ3) is 2.76. The van der Waals surface area contributed by atoms with Crippen LogP contribution in [0.4, 0.5) is 0 Å². The minimum absolute atomic E-state index is 0.150. The minimum Gasteiger partial charge on any atom is -0.326 e. The second-order valence-corrected chi connectivity index (χ2v) is 7.11. The zero-order valence-corrected chi connectivity index (χ0v) is 10.6. The normalized spacial score (nSPS) is 26.3. The average molecular weight is 246 g/mol. The van der Waals surface area contributed by atoms with Gasteiger partial charge in [0.2, 0.25) is 10.0 Å². The van der Waals surface area contributed by atoms with Crippen LogP contribution in [0.1, 0.15) is 38.5 Å². The molecular formula is C11H22N2O2S. The van der Waals surface area contributed by atoms with E-state index in [1.165, 1.54) is 19.3 Å². The van der Waals surface area contributed by atoms with E-state index in [-0.39, 0.29) is 11.8 Å². The summed E-state index contributed by atoms with van der Waals surface area (Å²) in [5, 5.41) is 0. The van der Waals surface area contributed by atoms with Crippen LogP contribution in [0.2, 0.25) is 0 Å². The molecule has 0 aromatic rings. The molecule has 2 N–H and O–H groups in total. The SMILES string of the molecule is NC(CS(=O)(=O)N1CCC1)C1CCCCC1. The molecule has 2 rings (SSSR count). The fourth-order valence-electron chi connectivity index (χ4n) is 2.61. The summed E-state index contributed by atoms with van der Waals surface area (Å²) in [6.45, 7) is 1.39. The maximum Gasteiger partial charge on any atom is 0.215 e. The van der Waals surface area contributed by atoms with Crippen LogP contribution in [0.15, 0.2) is 0 Å². The highest BCUT2D eigenvalue weighted by Crippen LogP contribution is 2.27. The number of nitrogens with two attached hydrogens (primary N) is 1. The van der Waals surface area contributed by atoms with E-state index in [0.29, 0.717) is 19.0 Å². The fourth-order valence-corrected chi connectivity index (χ4v) is 4.40. The summed E-state index contributed by atoms with van der Waals surface area (Å²) in [6, 6.07) is -0.161. The highest BCUT2D eigenvalue weighted by Gasteiger charge is 2.32. The van der Waals surface area contributed by atoms with E-state index in [4.69, 9.17) is 5.73 Å². The molecule has 0 aromatic carbocycles. The van der Waals surface area contributed by atoms with Crippen molar-refractivity contribution in [3.05, 3.63) is 0 Å². The maximum absolute atomic E-state index is 11.9. The number of rotatable bonds is 4. The molecule has 4 nitrogen and oxygen atoms in total. The Kier molecular flexibility index (Phi) is 3.87. The number of hydrogen-bond acceptors (Lipinski definition) is 3.